The van der Waals surface area contributed by atoms with Gasteiger partial charge in [-0.2, -0.15) is 0 Å². The van der Waals surface area contributed by atoms with Crippen molar-refractivity contribution in [3.05, 3.63) is 29.8 Å². The number of hydrazine groups is 1. The van der Waals surface area contributed by atoms with Crippen molar-refractivity contribution in [1.82, 2.24) is 16.2 Å². The average Bonchev–Trinajstić information content (AvgIpc) is 2.50. The Morgan fingerprint density at radius 1 is 1.04 bits per heavy atom. The molecule has 24 heavy (non-hydrogen) atoms. The van der Waals surface area contributed by atoms with Gasteiger partial charge >= 0.3 is 6.03 Å². The van der Waals surface area contributed by atoms with E-state index in [-0.39, 0.29) is 11.0 Å². The highest BCUT2D eigenvalue weighted by molar-refractivity contribution is 7.80. The van der Waals surface area contributed by atoms with Gasteiger partial charge in [0.25, 0.3) is 5.91 Å². The Morgan fingerprint density at radius 3 is 2.08 bits per heavy atom. The SMILES string of the molecule is CC(C)c1ccc(NC(=S)NNC(=O)[C@@H](NC(N)=O)C(C)C)cc1. The Morgan fingerprint density at radius 2 is 1.62 bits per heavy atom. The molecule has 132 valence electrons. The number of hydrogen-bond donors (Lipinski definition) is 5. The molecule has 1 aromatic carbocycles. The van der Waals surface area contributed by atoms with Gasteiger partial charge in [-0.05, 0) is 41.7 Å². The maximum Gasteiger partial charge on any atom is 0.312 e. The molecule has 0 radical (unpaired) electrons. The highest BCUT2D eigenvalue weighted by Gasteiger charge is 2.23. The van der Waals surface area contributed by atoms with Crippen LogP contribution in [0.2, 0.25) is 0 Å². The number of rotatable bonds is 5. The van der Waals surface area contributed by atoms with Gasteiger partial charge in [0.15, 0.2) is 5.11 Å². The van der Waals surface area contributed by atoms with E-state index in [0.29, 0.717) is 5.92 Å². The van der Waals surface area contributed by atoms with Crippen LogP contribution in [0.25, 0.3) is 0 Å². The van der Waals surface area contributed by atoms with Crippen molar-refractivity contribution >= 4 is 35.0 Å². The summed E-state index contributed by atoms with van der Waals surface area (Å²) in [5.41, 5.74) is 12.2. The molecular formula is C16H25N5O2S. The fraction of sp³-hybridized carbons (Fsp3) is 0.438. The summed E-state index contributed by atoms with van der Waals surface area (Å²) in [6.45, 7) is 7.84. The minimum atomic E-state index is -0.755. The van der Waals surface area contributed by atoms with Gasteiger partial charge in [0.05, 0.1) is 0 Å². The summed E-state index contributed by atoms with van der Waals surface area (Å²) in [7, 11) is 0. The van der Waals surface area contributed by atoms with Crippen LogP contribution in [-0.4, -0.2) is 23.1 Å². The second-order valence-electron chi connectivity index (χ2n) is 6.08. The first-order chi connectivity index (χ1) is 11.2. The summed E-state index contributed by atoms with van der Waals surface area (Å²) < 4.78 is 0. The fourth-order valence-corrected chi connectivity index (χ4v) is 2.17. The third kappa shape index (κ3) is 6.41. The van der Waals surface area contributed by atoms with E-state index < -0.39 is 18.0 Å². The number of carbonyl (C=O) groups excluding carboxylic acids is 2. The van der Waals surface area contributed by atoms with Crippen LogP contribution in [0.1, 0.15) is 39.2 Å². The van der Waals surface area contributed by atoms with Crippen LogP contribution < -0.4 is 27.2 Å². The highest BCUT2D eigenvalue weighted by atomic mass is 32.1. The molecule has 1 rings (SSSR count). The zero-order chi connectivity index (χ0) is 18.3. The number of nitrogens with two attached hydrogens (primary N) is 1. The monoisotopic (exact) mass is 351 g/mol. The second-order valence-corrected chi connectivity index (χ2v) is 6.48. The molecule has 0 aromatic heterocycles. The van der Waals surface area contributed by atoms with Crippen molar-refractivity contribution in [3.63, 3.8) is 0 Å². The van der Waals surface area contributed by atoms with Crippen LogP contribution in [0.3, 0.4) is 0 Å². The van der Waals surface area contributed by atoms with Crippen LogP contribution >= 0.6 is 12.2 Å². The number of anilines is 1. The van der Waals surface area contributed by atoms with Gasteiger partial charge in [-0.3, -0.25) is 15.6 Å². The van der Waals surface area contributed by atoms with E-state index in [1.165, 1.54) is 5.56 Å². The topological polar surface area (TPSA) is 108 Å². The van der Waals surface area contributed by atoms with Gasteiger partial charge in [0, 0.05) is 5.69 Å². The van der Waals surface area contributed by atoms with Gasteiger partial charge in [-0.1, -0.05) is 39.8 Å². The summed E-state index contributed by atoms with van der Waals surface area (Å²) in [5.74, 6) is -0.0957. The third-order valence-corrected chi connectivity index (χ3v) is 3.59. The molecule has 3 amide bonds. The Bertz CT molecular complexity index is 587. The van der Waals surface area contributed by atoms with Crippen molar-refractivity contribution in [2.24, 2.45) is 11.7 Å². The molecule has 0 aliphatic rings. The van der Waals surface area contributed by atoms with E-state index in [4.69, 9.17) is 18.0 Å². The first-order valence-electron chi connectivity index (χ1n) is 7.73. The lowest BCUT2D eigenvalue weighted by molar-refractivity contribution is -0.124. The quantitative estimate of drug-likeness (QED) is 0.411. The smallest absolute Gasteiger partial charge is 0.312 e. The Balaban J connectivity index is 2.52. The summed E-state index contributed by atoms with van der Waals surface area (Å²) in [6, 6.07) is 6.35. The zero-order valence-electron chi connectivity index (χ0n) is 14.3. The van der Waals surface area contributed by atoms with E-state index in [1.54, 1.807) is 13.8 Å². The van der Waals surface area contributed by atoms with E-state index in [2.05, 4.69) is 35.3 Å². The molecule has 6 N–H and O–H groups in total. The number of hydrogen-bond acceptors (Lipinski definition) is 3. The van der Waals surface area contributed by atoms with E-state index in [9.17, 15) is 9.59 Å². The molecule has 1 aromatic rings. The number of thiocarbonyl (C=S) groups is 1. The fourth-order valence-electron chi connectivity index (χ4n) is 2.00. The zero-order valence-corrected chi connectivity index (χ0v) is 15.2. The van der Waals surface area contributed by atoms with Crippen molar-refractivity contribution < 1.29 is 9.59 Å². The lowest BCUT2D eigenvalue weighted by Gasteiger charge is -2.21. The van der Waals surface area contributed by atoms with Crippen molar-refractivity contribution in [2.45, 2.75) is 39.7 Å². The maximum absolute atomic E-state index is 12.1. The third-order valence-electron chi connectivity index (χ3n) is 3.38. The molecule has 0 aliphatic carbocycles. The molecule has 0 heterocycles. The molecule has 1 atom stereocenters. The molecule has 0 saturated carbocycles. The van der Waals surface area contributed by atoms with Crippen LogP contribution in [-0.2, 0) is 4.79 Å². The van der Waals surface area contributed by atoms with E-state index in [1.807, 2.05) is 24.3 Å². The number of nitrogens with one attached hydrogen (secondary N) is 4. The molecule has 0 bridgehead atoms. The van der Waals surface area contributed by atoms with Crippen LogP contribution in [0, 0.1) is 5.92 Å². The molecular weight excluding hydrogens is 326 g/mol. The average molecular weight is 351 g/mol. The standard InChI is InChI=1S/C16H25N5O2S/c1-9(2)11-5-7-12(8-6-11)18-16(24)21-20-14(22)13(10(3)4)19-15(17)23/h5-10,13H,1-4H3,(H,20,22)(H3,17,19,23)(H2,18,21,24)/t13-/m0/s1. The number of amides is 3. The summed E-state index contributed by atoms with van der Waals surface area (Å²) in [6.07, 6.45) is 0. The maximum atomic E-state index is 12.1. The normalized spacial score (nSPS) is 11.8. The first kappa shape index (κ1) is 19.7. The van der Waals surface area contributed by atoms with Gasteiger partial charge in [-0.15, -0.1) is 0 Å². The molecule has 0 aliphatic heterocycles. The molecule has 0 spiro atoms. The van der Waals surface area contributed by atoms with Crippen LogP contribution in [0.4, 0.5) is 10.5 Å². The van der Waals surface area contributed by atoms with E-state index in [0.717, 1.165) is 5.69 Å². The van der Waals surface area contributed by atoms with Gasteiger partial charge in [0.2, 0.25) is 0 Å². The largest absolute Gasteiger partial charge is 0.352 e. The second kappa shape index (κ2) is 9.07. The minimum absolute atomic E-state index is 0.121. The first-order valence-corrected chi connectivity index (χ1v) is 8.14. The van der Waals surface area contributed by atoms with Gasteiger partial charge in [-0.25, -0.2) is 4.79 Å². The molecule has 8 heteroatoms. The Hall–Kier alpha value is -2.35. The molecule has 0 unspecified atom stereocenters. The van der Waals surface area contributed by atoms with Crippen LogP contribution in [0.5, 0.6) is 0 Å². The predicted molar refractivity (Wildman–Crippen MR) is 99.4 cm³/mol. The summed E-state index contributed by atoms with van der Waals surface area (Å²) >= 11 is 5.13. The van der Waals surface area contributed by atoms with Crippen LogP contribution in [0.15, 0.2) is 24.3 Å². The van der Waals surface area contributed by atoms with Gasteiger partial charge in [0.1, 0.15) is 6.04 Å². The van der Waals surface area contributed by atoms with Crippen molar-refractivity contribution in [1.29, 1.82) is 0 Å². The molecule has 0 saturated heterocycles. The number of urea groups is 1. The minimum Gasteiger partial charge on any atom is -0.352 e. The van der Waals surface area contributed by atoms with Crippen molar-refractivity contribution in [3.8, 4) is 0 Å². The number of benzene rings is 1. The molecule has 7 nitrogen and oxygen atoms in total. The Labute approximate surface area is 147 Å². The lowest BCUT2D eigenvalue weighted by Crippen LogP contribution is -2.55. The highest BCUT2D eigenvalue weighted by Crippen LogP contribution is 2.16. The summed E-state index contributed by atoms with van der Waals surface area (Å²) in [5, 5.41) is 5.60. The molecule has 0 fully saturated rings. The van der Waals surface area contributed by atoms with Gasteiger partial charge < -0.3 is 16.4 Å². The number of carbonyl (C=O) groups is 2. The Kier molecular flexibility index (Phi) is 7.44. The number of primary amides is 1. The lowest BCUT2D eigenvalue weighted by atomic mass is 10.0. The predicted octanol–water partition coefficient (Wildman–Crippen LogP) is 1.82. The summed E-state index contributed by atoms with van der Waals surface area (Å²) in [4.78, 5) is 23.0. The van der Waals surface area contributed by atoms with Crippen molar-refractivity contribution in [2.75, 3.05) is 5.32 Å². The van der Waals surface area contributed by atoms with E-state index >= 15 is 0 Å².